The highest BCUT2D eigenvalue weighted by molar-refractivity contribution is 7.88. The molecule has 3 aromatic rings. The number of halogens is 1. The minimum absolute atomic E-state index is 0.167. The molecule has 0 saturated carbocycles. The van der Waals surface area contributed by atoms with Gasteiger partial charge in [-0.2, -0.15) is 9.40 Å². The molecule has 1 fully saturated rings. The van der Waals surface area contributed by atoms with E-state index < -0.39 is 33.7 Å². The summed E-state index contributed by atoms with van der Waals surface area (Å²) in [5.74, 6) is 5.94. The number of benzene rings is 2. The third-order valence-corrected chi connectivity index (χ3v) is 11.1. The molecule has 0 unspecified atom stereocenters. The molecule has 14 heteroatoms. The van der Waals surface area contributed by atoms with Gasteiger partial charge in [0.1, 0.15) is 11.6 Å². The molecule has 0 aliphatic carbocycles. The molecule has 1 amide bonds. The first-order valence-electron chi connectivity index (χ1n) is 17.5. The molecule has 4 heterocycles. The number of ether oxygens (including phenoxy) is 3. The number of hydrogen-bond donors (Lipinski definition) is 0. The number of fused-ring (bicyclic) bond motifs is 2. The molecule has 3 aliphatic heterocycles. The van der Waals surface area contributed by atoms with E-state index in [0.717, 1.165) is 79.5 Å². The van der Waals surface area contributed by atoms with Crippen LogP contribution in [0.1, 0.15) is 60.7 Å². The van der Waals surface area contributed by atoms with Gasteiger partial charge in [-0.3, -0.25) is 14.5 Å². The van der Waals surface area contributed by atoms with Crippen LogP contribution in [0.5, 0.6) is 0 Å². The minimum atomic E-state index is -3.39. The van der Waals surface area contributed by atoms with E-state index in [2.05, 4.69) is 16.7 Å². The van der Waals surface area contributed by atoms with Gasteiger partial charge in [0.15, 0.2) is 0 Å². The Labute approximate surface area is 311 Å². The Balaban J connectivity index is 1.27. The number of hydrogen-bond acceptors (Lipinski definition) is 9. The number of morpholine rings is 1. The second-order valence-corrected chi connectivity index (χ2v) is 16.8. The van der Waals surface area contributed by atoms with E-state index in [9.17, 15) is 18.0 Å². The SMILES string of the molecule is COC(=O)[C@H]1Cc2ccc(C#Cc3cc(-c4nn(CCCN5CCOCC5)c5c4CN(S(C)(=O)=O)CC5)ccc3Cl)cc2CN1C(=O)OC(C)(C)C. The molecule has 12 nitrogen and oxygen atoms in total. The zero-order chi connectivity index (χ0) is 37.2. The van der Waals surface area contributed by atoms with Gasteiger partial charge < -0.3 is 14.2 Å². The summed E-state index contributed by atoms with van der Waals surface area (Å²) in [6.45, 7) is 11.2. The Morgan fingerprint density at radius 3 is 2.50 bits per heavy atom. The molecular formula is C38H46ClN5O7S. The smallest absolute Gasteiger partial charge is 0.411 e. The third kappa shape index (κ3) is 8.81. The van der Waals surface area contributed by atoms with Crippen LogP contribution in [-0.2, 0) is 61.5 Å². The average Bonchev–Trinajstić information content (AvgIpc) is 3.47. The van der Waals surface area contributed by atoms with Crippen molar-refractivity contribution in [2.45, 2.75) is 71.3 Å². The van der Waals surface area contributed by atoms with Crippen molar-refractivity contribution in [1.29, 1.82) is 0 Å². The molecule has 1 aromatic heterocycles. The normalized spacial score (nSPS) is 18.2. The highest BCUT2D eigenvalue weighted by Gasteiger charge is 2.38. The molecule has 1 atom stereocenters. The Morgan fingerprint density at radius 2 is 1.79 bits per heavy atom. The van der Waals surface area contributed by atoms with Gasteiger partial charge in [-0.15, -0.1) is 0 Å². The maximum Gasteiger partial charge on any atom is 0.411 e. The van der Waals surface area contributed by atoms with Crippen LogP contribution < -0.4 is 0 Å². The largest absolute Gasteiger partial charge is 0.467 e. The van der Waals surface area contributed by atoms with Gasteiger partial charge in [0.25, 0.3) is 0 Å². The second-order valence-electron chi connectivity index (χ2n) is 14.4. The van der Waals surface area contributed by atoms with E-state index in [1.54, 1.807) is 26.8 Å². The number of carbonyl (C=O) groups excluding carboxylic acids is 2. The fourth-order valence-corrected chi connectivity index (χ4v) is 7.82. The number of esters is 1. The van der Waals surface area contributed by atoms with E-state index in [1.165, 1.54) is 22.6 Å². The lowest BCUT2D eigenvalue weighted by atomic mass is 9.92. The molecule has 3 aliphatic rings. The van der Waals surface area contributed by atoms with E-state index in [1.807, 2.05) is 35.0 Å². The van der Waals surface area contributed by atoms with Gasteiger partial charge in [-0.05, 0) is 62.6 Å². The minimum Gasteiger partial charge on any atom is -0.467 e. The third-order valence-electron chi connectivity index (χ3n) is 9.53. The summed E-state index contributed by atoms with van der Waals surface area (Å²) in [5.41, 5.74) is 5.86. The Hall–Kier alpha value is -3.93. The van der Waals surface area contributed by atoms with Crippen LogP contribution in [0.3, 0.4) is 0 Å². The van der Waals surface area contributed by atoms with Crippen molar-refractivity contribution < 1.29 is 32.2 Å². The zero-order valence-corrected chi connectivity index (χ0v) is 32.0. The van der Waals surface area contributed by atoms with Crippen LogP contribution in [0.25, 0.3) is 11.3 Å². The molecule has 2 aromatic carbocycles. The summed E-state index contributed by atoms with van der Waals surface area (Å²) >= 11 is 6.67. The van der Waals surface area contributed by atoms with Crippen molar-refractivity contribution in [3.8, 4) is 23.1 Å². The predicted octanol–water partition coefficient (Wildman–Crippen LogP) is 4.48. The van der Waals surface area contributed by atoms with Crippen molar-refractivity contribution in [3.05, 3.63) is 74.9 Å². The summed E-state index contributed by atoms with van der Waals surface area (Å²) < 4.78 is 44.8. The summed E-state index contributed by atoms with van der Waals surface area (Å²) in [5, 5.41) is 5.53. The fraction of sp³-hybridized carbons (Fsp3) is 0.500. The van der Waals surface area contributed by atoms with Gasteiger partial charge in [0.2, 0.25) is 10.0 Å². The molecule has 0 N–H and O–H groups in total. The number of nitrogens with zero attached hydrogens (tertiary/aromatic N) is 5. The van der Waals surface area contributed by atoms with Gasteiger partial charge >= 0.3 is 12.1 Å². The summed E-state index contributed by atoms with van der Waals surface area (Å²) in [7, 11) is -2.09. The molecule has 1 saturated heterocycles. The number of carbonyl (C=O) groups is 2. The van der Waals surface area contributed by atoms with E-state index in [0.29, 0.717) is 35.5 Å². The second kappa shape index (κ2) is 15.6. The monoisotopic (exact) mass is 751 g/mol. The quantitative estimate of drug-likeness (QED) is 0.254. The molecule has 6 rings (SSSR count). The number of rotatable bonds is 7. The van der Waals surface area contributed by atoms with E-state index in [-0.39, 0.29) is 13.1 Å². The van der Waals surface area contributed by atoms with Crippen molar-refractivity contribution in [3.63, 3.8) is 0 Å². The number of aromatic nitrogens is 2. The molecular weight excluding hydrogens is 706 g/mol. The standard InChI is InChI=1S/C38H46ClN5O7S/c1-38(2,3)51-37(46)43-24-30-21-26(7-9-27(30)23-34(43)36(45)49-4)8-10-28-22-29(11-12-32(28)39)35-31-25-42(52(5,47)48)16-13-33(31)44(40-35)15-6-14-41-17-19-50-20-18-41/h7,9,11-12,21-22,34H,6,13-20,23-25H2,1-5H3/t34-/m1/s1. The fourth-order valence-electron chi connectivity index (χ4n) is 6.86. The summed E-state index contributed by atoms with van der Waals surface area (Å²) in [4.78, 5) is 29.6. The summed E-state index contributed by atoms with van der Waals surface area (Å²) in [6, 6.07) is 10.5. The highest BCUT2D eigenvalue weighted by Crippen LogP contribution is 2.33. The topological polar surface area (TPSA) is 124 Å². The van der Waals surface area contributed by atoms with Crippen LogP contribution >= 0.6 is 11.6 Å². The summed E-state index contributed by atoms with van der Waals surface area (Å²) in [6.07, 6.45) is 2.45. The van der Waals surface area contributed by atoms with Gasteiger partial charge in [-0.1, -0.05) is 35.6 Å². The van der Waals surface area contributed by atoms with Gasteiger partial charge in [-0.25, -0.2) is 18.0 Å². The lowest BCUT2D eigenvalue weighted by Gasteiger charge is -2.36. The van der Waals surface area contributed by atoms with Crippen molar-refractivity contribution in [2.75, 3.05) is 52.8 Å². The molecule has 0 bridgehead atoms. The average molecular weight is 752 g/mol. The van der Waals surface area contributed by atoms with Crippen molar-refractivity contribution in [2.24, 2.45) is 0 Å². The van der Waals surface area contributed by atoms with Gasteiger partial charge in [0.05, 0.1) is 43.8 Å². The zero-order valence-electron chi connectivity index (χ0n) is 30.4. The lowest BCUT2D eigenvalue weighted by molar-refractivity contribution is -0.147. The number of methoxy groups -OCH3 is 1. The maximum absolute atomic E-state index is 13.1. The Kier molecular flexibility index (Phi) is 11.3. The first-order chi connectivity index (χ1) is 24.7. The maximum atomic E-state index is 13.1. The molecule has 278 valence electrons. The Morgan fingerprint density at radius 1 is 1.02 bits per heavy atom. The molecule has 0 radical (unpaired) electrons. The van der Waals surface area contributed by atoms with E-state index >= 15 is 0 Å². The van der Waals surface area contributed by atoms with Crippen molar-refractivity contribution >= 4 is 33.7 Å². The van der Waals surface area contributed by atoms with Crippen LogP contribution in [0.2, 0.25) is 5.02 Å². The van der Waals surface area contributed by atoms with Crippen LogP contribution in [0, 0.1) is 11.8 Å². The highest BCUT2D eigenvalue weighted by atomic mass is 35.5. The first kappa shape index (κ1) is 37.8. The van der Waals surface area contributed by atoms with Crippen LogP contribution in [0.15, 0.2) is 36.4 Å². The van der Waals surface area contributed by atoms with Crippen molar-refractivity contribution in [1.82, 2.24) is 23.9 Å². The molecule has 52 heavy (non-hydrogen) atoms. The molecule has 0 spiro atoms. The van der Waals surface area contributed by atoms with Crippen LogP contribution in [-0.4, -0.2) is 109 Å². The Bertz CT molecular complexity index is 2010. The number of sulfonamides is 1. The van der Waals surface area contributed by atoms with Crippen LogP contribution in [0.4, 0.5) is 4.79 Å². The van der Waals surface area contributed by atoms with Gasteiger partial charge in [0, 0.05) is 80.1 Å². The predicted molar refractivity (Wildman–Crippen MR) is 197 cm³/mol. The lowest BCUT2D eigenvalue weighted by Crippen LogP contribution is -2.50. The van der Waals surface area contributed by atoms with E-state index in [4.69, 9.17) is 30.9 Å². The first-order valence-corrected chi connectivity index (χ1v) is 19.8. The number of aryl methyl sites for hydroxylation is 1. The number of amides is 1.